The Balaban J connectivity index is 1.98. The van der Waals surface area contributed by atoms with Crippen LogP contribution in [0.1, 0.15) is 47.0 Å². The van der Waals surface area contributed by atoms with E-state index >= 15 is 0 Å². The fourth-order valence-electron chi connectivity index (χ4n) is 2.38. The Labute approximate surface area is 122 Å². The number of amides is 1. The average Bonchev–Trinajstić information content (AvgIpc) is 2.78. The minimum absolute atomic E-state index is 0.340. The van der Waals surface area contributed by atoms with E-state index < -0.39 is 5.60 Å². The van der Waals surface area contributed by atoms with E-state index in [1.807, 2.05) is 20.8 Å². The summed E-state index contributed by atoms with van der Waals surface area (Å²) in [6, 6.07) is 0. The van der Waals surface area contributed by atoms with Crippen LogP contribution in [0.5, 0.6) is 0 Å². The second kappa shape index (κ2) is 8.47. The van der Waals surface area contributed by atoms with Crippen LogP contribution in [0.3, 0.4) is 0 Å². The van der Waals surface area contributed by atoms with E-state index in [0.29, 0.717) is 18.6 Å². The van der Waals surface area contributed by atoms with Crippen LogP contribution in [0.4, 0.5) is 4.79 Å². The quantitative estimate of drug-likeness (QED) is 0.705. The van der Waals surface area contributed by atoms with E-state index in [2.05, 4.69) is 17.6 Å². The van der Waals surface area contributed by atoms with Gasteiger partial charge in [0.1, 0.15) is 5.60 Å². The molecule has 0 aliphatic carbocycles. The topological polar surface area (TPSA) is 59.6 Å². The van der Waals surface area contributed by atoms with Gasteiger partial charge >= 0.3 is 6.09 Å². The highest BCUT2D eigenvalue weighted by atomic mass is 16.6. The van der Waals surface area contributed by atoms with Crippen molar-refractivity contribution in [3.05, 3.63) is 0 Å². The molecule has 2 N–H and O–H groups in total. The summed E-state index contributed by atoms with van der Waals surface area (Å²) in [6.07, 6.45) is 3.23. The van der Waals surface area contributed by atoms with Crippen molar-refractivity contribution >= 4 is 6.09 Å². The van der Waals surface area contributed by atoms with Crippen molar-refractivity contribution in [2.45, 2.75) is 58.7 Å². The lowest BCUT2D eigenvalue weighted by Gasteiger charge is -2.20. The first-order chi connectivity index (χ1) is 9.42. The van der Waals surface area contributed by atoms with Crippen molar-refractivity contribution in [3.63, 3.8) is 0 Å². The van der Waals surface area contributed by atoms with Gasteiger partial charge in [0.05, 0.1) is 6.10 Å². The lowest BCUT2D eigenvalue weighted by Crippen LogP contribution is -2.34. The van der Waals surface area contributed by atoms with E-state index in [0.717, 1.165) is 39.0 Å². The Hall–Kier alpha value is -0.810. The minimum Gasteiger partial charge on any atom is -0.444 e. The van der Waals surface area contributed by atoms with Gasteiger partial charge in [0.25, 0.3) is 0 Å². The maximum absolute atomic E-state index is 11.4. The SMILES string of the molecule is CCC1OCCC1CNCCCNC(=O)OC(C)(C)C. The van der Waals surface area contributed by atoms with Crippen molar-refractivity contribution < 1.29 is 14.3 Å². The van der Waals surface area contributed by atoms with Gasteiger partial charge in [-0.3, -0.25) is 0 Å². The molecular formula is C15H30N2O3. The molecule has 2 atom stereocenters. The highest BCUT2D eigenvalue weighted by molar-refractivity contribution is 5.67. The lowest BCUT2D eigenvalue weighted by molar-refractivity contribution is 0.0527. The first-order valence-corrected chi connectivity index (χ1v) is 7.71. The predicted octanol–water partition coefficient (Wildman–Crippen LogP) is 2.31. The third-order valence-corrected chi connectivity index (χ3v) is 3.35. The number of hydrogen-bond donors (Lipinski definition) is 2. The summed E-state index contributed by atoms with van der Waals surface area (Å²) in [5, 5.41) is 6.20. The van der Waals surface area contributed by atoms with E-state index in [1.54, 1.807) is 0 Å². The van der Waals surface area contributed by atoms with Gasteiger partial charge in [-0.15, -0.1) is 0 Å². The van der Waals surface area contributed by atoms with E-state index in [4.69, 9.17) is 9.47 Å². The Morgan fingerprint density at radius 1 is 1.35 bits per heavy atom. The molecule has 5 nitrogen and oxygen atoms in total. The van der Waals surface area contributed by atoms with Crippen LogP contribution in [0.2, 0.25) is 0 Å². The minimum atomic E-state index is -0.431. The zero-order valence-corrected chi connectivity index (χ0v) is 13.3. The molecule has 5 heteroatoms. The number of rotatable bonds is 7. The van der Waals surface area contributed by atoms with Gasteiger partial charge in [-0.1, -0.05) is 6.92 Å². The number of carbonyl (C=O) groups excluding carboxylic acids is 1. The molecule has 20 heavy (non-hydrogen) atoms. The molecule has 1 aliphatic rings. The van der Waals surface area contributed by atoms with Crippen LogP contribution in [0, 0.1) is 5.92 Å². The summed E-state index contributed by atoms with van der Waals surface area (Å²) in [4.78, 5) is 11.4. The van der Waals surface area contributed by atoms with Crippen molar-refractivity contribution in [2.75, 3.05) is 26.2 Å². The molecule has 0 aromatic rings. The monoisotopic (exact) mass is 286 g/mol. The Morgan fingerprint density at radius 3 is 2.75 bits per heavy atom. The molecular weight excluding hydrogens is 256 g/mol. The molecule has 1 heterocycles. The van der Waals surface area contributed by atoms with Crippen molar-refractivity contribution in [1.82, 2.24) is 10.6 Å². The molecule has 1 saturated heterocycles. The van der Waals surface area contributed by atoms with Crippen LogP contribution in [-0.2, 0) is 9.47 Å². The number of nitrogens with one attached hydrogen (secondary N) is 2. The van der Waals surface area contributed by atoms with Crippen molar-refractivity contribution in [2.24, 2.45) is 5.92 Å². The van der Waals surface area contributed by atoms with Crippen LogP contribution < -0.4 is 10.6 Å². The molecule has 0 bridgehead atoms. The normalized spacial score (nSPS) is 22.8. The molecule has 1 fully saturated rings. The largest absolute Gasteiger partial charge is 0.444 e. The van der Waals surface area contributed by atoms with Gasteiger partial charge in [-0.25, -0.2) is 4.79 Å². The maximum Gasteiger partial charge on any atom is 0.407 e. The Bertz CT molecular complexity index is 289. The molecule has 0 spiro atoms. The van der Waals surface area contributed by atoms with Crippen molar-refractivity contribution in [3.8, 4) is 0 Å². The van der Waals surface area contributed by atoms with Gasteiger partial charge in [0.2, 0.25) is 0 Å². The summed E-state index contributed by atoms with van der Waals surface area (Å²) in [6.45, 7) is 11.2. The first-order valence-electron chi connectivity index (χ1n) is 7.71. The van der Waals surface area contributed by atoms with Crippen LogP contribution >= 0.6 is 0 Å². The standard InChI is InChI=1S/C15H30N2O3/c1-5-13-12(7-10-19-13)11-16-8-6-9-17-14(18)20-15(2,3)4/h12-13,16H,5-11H2,1-4H3,(H,17,18). The van der Waals surface area contributed by atoms with Gasteiger partial charge < -0.3 is 20.1 Å². The maximum atomic E-state index is 11.4. The van der Waals surface area contributed by atoms with E-state index in [9.17, 15) is 4.79 Å². The molecule has 1 rings (SSSR count). The molecule has 1 aliphatic heterocycles. The van der Waals surface area contributed by atoms with Gasteiger partial charge in [0, 0.05) is 19.7 Å². The number of carbonyl (C=O) groups is 1. The third kappa shape index (κ3) is 7.10. The summed E-state index contributed by atoms with van der Waals surface area (Å²) < 4.78 is 10.8. The second-order valence-electron chi connectivity index (χ2n) is 6.35. The van der Waals surface area contributed by atoms with Gasteiger partial charge in [-0.05, 0) is 52.5 Å². The molecule has 2 unspecified atom stereocenters. The fraction of sp³-hybridized carbons (Fsp3) is 0.933. The smallest absolute Gasteiger partial charge is 0.407 e. The predicted molar refractivity (Wildman–Crippen MR) is 79.9 cm³/mol. The molecule has 0 aromatic heterocycles. The highest BCUT2D eigenvalue weighted by Gasteiger charge is 2.25. The Kier molecular flexibility index (Phi) is 7.30. The van der Waals surface area contributed by atoms with Crippen LogP contribution in [0.25, 0.3) is 0 Å². The molecule has 1 amide bonds. The van der Waals surface area contributed by atoms with E-state index in [1.165, 1.54) is 0 Å². The number of hydrogen-bond acceptors (Lipinski definition) is 4. The highest BCUT2D eigenvalue weighted by Crippen LogP contribution is 2.22. The Morgan fingerprint density at radius 2 is 2.10 bits per heavy atom. The van der Waals surface area contributed by atoms with E-state index in [-0.39, 0.29) is 6.09 Å². The second-order valence-corrected chi connectivity index (χ2v) is 6.35. The summed E-state index contributed by atoms with van der Waals surface area (Å²) in [7, 11) is 0. The fourth-order valence-corrected chi connectivity index (χ4v) is 2.38. The first kappa shape index (κ1) is 17.2. The van der Waals surface area contributed by atoms with Gasteiger partial charge in [0.15, 0.2) is 0 Å². The van der Waals surface area contributed by atoms with Crippen molar-refractivity contribution in [1.29, 1.82) is 0 Å². The summed E-state index contributed by atoms with van der Waals surface area (Å²) in [5.41, 5.74) is -0.431. The molecule has 0 saturated carbocycles. The lowest BCUT2D eigenvalue weighted by atomic mass is 10.00. The third-order valence-electron chi connectivity index (χ3n) is 3.35. The zero-order valence-electron chi connectivity index (χ0n) is 13.3. The van der Waals surface area contributed by atoms with Gasteiger partial charge in [-0.2, -0.15) is 0 Å². The number of alkyl carbamates (subject to hydrolysis) is 1. The number of ether oxygens (including phenoxy) is 2. The zero-order chi connectivity index (χ0) is 15.0. The van der Waals surface area contributed by atoms with Crippen LogP contribution in [-0.4, -0.2) is 44.0 Å². The van der Waals surface area contributed by atoms with Crippen LogP contribution in [0.15, 0.2) is 0 Å². The summed E-state index contributed by atoms with van der Waals surface area (Å²) in [5.74, 6) is 0.638. The summed E-state index contributed by atoms with van der Waals surface area (Å²) >= 11 is 0. The molecule has 0 aromatic carbocycles. The molecule has 118 valence electrons. The average molecular weight is 286 g/mol. The molecule has 0 radical (unpaired) electrons.